The topological polar surface area (TPSA) is 71.9 Å². The molecule has 1 aromatic heterocycles. The standard InChI is InChI=1S/C20H30N4O2S/c1-12(2)17-8-7-16(11-14(17)5)26-15(6)19(25)21-10-9-18-22-23-20(27)24(18)13(3)4/h7-8,11-13,15H,9-10H2,1-6H3,(H,21,25)(H,23,27). The Balaban J connectivity index is 1.89. The van der Waals surface area contributed by atoms with Gasteiger partial charge in [0.15, 0.2) is 10.9 Å². The number of nitrogens with zero attached hydrogens (tertiary/aromatic N) is 2. The summed E-state index contributed by atoms with van der Waals surface area (Å²) in [6.07, 6.45) is 0.0339. The maximum atomic E-state index is 12.3. The average Bonchev–Trinajstić information content (AvgIpc) is 2.95. The van der Waals surface area contributed by atoms with Gasteiger partial charge in [-0.15, -0.1) is 0 Å². The highest BCUT2D eigenvalue weighted by Crippen LogP contribution is 2.24. The van der Waals surface area contributed by atoms with Crippen molar-refractivity contribution in [1.29, 1.82) is 0 Å². The maximum absolute atomic E-state index is 12.3. The number of rotatable bonds is 8. The van der Waals surface area contributed by atoms with Crippen LogP contribution in [0.15, 0.2) is 18.2 Å². The van der Waals surface area contributed by atoms with E-state index in [0.29, 0.717) is 29.4 Å². The van der Waals surface area contributed by atoms with Crippen LogP contribution in [0.25, 0.3) is 0 Å². The number of ether oxygens (including phenoxy) is 1. The van der Waals surface area contributed by atoms with E-state index in [0.717, 1.165) is 5.82 Å². The number of carbonyl (C=O) groups excluding carboxylic acids is 1. The summed E-state index contributed by atoms with van der Waals surface area (Å²) >= 11 is 5.24. The maximum Gasteiger partial charge on any atom is 0.260 e. The molecule has 0 saturated heterocycles. The molecule has 27 heavy (non-hydrogen) atoms. The summed E-state index contributed by atoms with van der Waals surface area (Å²) in [4.78, 5) is 12.3. The Bertz CT molecular complexity index is 839. The summed E-state index contributed by atoms with van der Waals surface area (Å²) < 4.78 is 8.36. The molecule has 1 atom stereocenters. The fourth-order valence-corrected chi connectivity index (χ4v) is 3.48. The molecule has 2 N–H and O–H groups in total. The minimum Gasteiger partial charge on any atom is -0.481 e. The molecule has 0 saturated carbocycles. The van der Waals surface area contributed by atoms with Gasteiger partial charge in [-0.05, 0) is 69.1 Å². The van der Waals surface area contributed by atoms with E-state index in [2.05, 4.69) is 56.2 Å². The summed E-state index contributed by atoms with van der Waals surface area (Å²) in [7, 11) is 0. The average molecular weight is 391 g/mol. The second-order valence-corrected chi connectivity index (χ2v) is 7.77. The highest BCUT2D eigenvalue weighted by Gasteiger charge is 2.16. The second kappa shape index (κ2) is 9.17. The minimum absolute atomic E-state index is 0.147. The van der Waals surface area contributed by atoms with Crippen LogP contribution < -0.4 is 10.1 Å². The van der Waals surface area contributed by atoms with Crippen LogP contribution in [0.1, 0.15) is 63.5 Å². The third kappa shape index (κ3) is 5.42. The van der Waals surface area contributed by atoms with Gasteiger partial charge in [-0.25, -0.2) is 0 Å². The molecule has 7 heteroatoms. The number of aromatic nitrogens is 3. The Morgan fingerprint density at radius 2 is 2.00 bits per heavy atom. The first kappa shape index (κ1) is 21.2. The third-order valence-electron chi connectivity index (χ3n) is 4.49. The molecule has 0 fully saturated rings. The molecule has 0 aliphatic rings. The molecule has 148 valence electrons. The Hall–Kier alpha value is -2.15. The van der Waals surface area contributed by atoms with Gasteiger partial charge in [-0.3, -0.25) is 9.89 Å². The van der Waals surface area contributed by atoms with E-state index in [1.807, 2.05) is 16.7 Å². The number of hydrogen-bond donors (Lipinski definition) is 2. The van der Waals surface area contributed by atoms with E-state index in [9.17, 15) is 4.79 Å². The van der Waals surface area contributed by atoms with Crippen LogP contribution in [-0.2, 0) is 11.2 Å². The first-order valence-electron chi connectivity index (χ1n) is 9.41. The van der Waals surface area contributed by atoms with Crippen LogP contribution in [-0.4, -0.2) is 33.3 Å². The van der Waals surface area contributed by atoms with Gasteiger partial charge >= 0.3 is 0 Å². The van der Waals surface area contributed by atoms with Crippen molar-refractivity contribution in [3.8, 4) is 5.75 Å². The molecular weight excluding hydrogens is 360 g/mol. The van der Waals surface area contributed by atoms with Gasteiger partial charge in [-0.1, -0.05) is 19.9 Å². The number of hydrogen-bond acceptors (Lipinski definition) is 4. The Morgan fingerprint density at radius 3 is 2.59 bits per heavy atom. The molecule has 2 rings (SSSR count). The largest absolute Gasteiger partial charge is 0.481 e. The van der Waals surface area contributed by atoms with E-state index in [-0.39, 0.29) is 11.9 Å². The van der Waals surface area contributed by atoms with E-state index >= 15 is 0 Å². The van der Waals surface area contributed by atoms with Crippen LogP contribution >= 0.6 is 12.2 Å². The van der Waals surface area contributed by atoms with Crippen molar-refractivity contribution in [3.63, 3.8) is 0 Å². The monoisotopic (exact) mass is 390 g/mol. The third-order valence-corrected chi connectivity index (χ3v) is 4.78. The van der Waals surface area contributed by atoms with Gasteiger partial charge in [-0.2, -0.15) is 5.10 Å². The summed E-state index contributed by atoms with van der Waals surface area (Å²) in [6.45, 7) is 12.7. The van der Waals surface area contributed by atoms with E-state index in [4.69, 9.17) is 17.0 Å². The minimum atomic E-state index is -0.569. The lowest BCUT2D eigenvalue weighted by molar-refractivity contribution is -0.127. The van der Waals surface area contributed by atoms with Gasteiger partial charge in [0.2, 0.25) is 0 Å². The molecule has 0 bridgehead atoms. The molecule has 1 unspecified atom stereocenters. The van der Waals surface area contributed by atoms with E-state index < -0.39 is 6.10 Å². The lowest BCUT2D eigenvalue weighted by atomic mass is 9.98. The van der Waals surface area contributed by atoms with Crippen molar-refractivity contribution >= 4 is 18.1 Å². The summed E-state index contributed by atoms with van der Waals surface area (Å²) in [5.74, 6) is 1.86. The molecule has 0 spiro atoms. The van der Waals surface area contributed by atoms with Crippen LogP contribution in [0.3, 0.4) is 0 Å². The van der Waals surface area contributed by atoms with Crippen molar-refractivity contribution in [2.45, 2.75) is 66.0 Å². The predicted molar refractivity (Wildman–Crippen MR) is 110 cm³/mol. The Morgan fingerprint density at radius 1 is 1.30 bits per heavy atom. The first-order valence-corrected chi connectivity index (χ1v) is 9.82. The molecule has 2 aromatic rings. The molecule has 0 aliphatic heterocycles. The molecule has 6 nitrogen and oxygen atoms in total. The molecule has 1 aromatic carbocycles. The number of carbonyl (C=O) groups is 1. The van der Waals surface area contributed by atoms with Crippen molar-refractivity contribution in [3.05, 3.63) is 39.9 Å². The van der Waals surface area contributed by atoms with Gasteiger partial charge in [0.1, 0.15) is 11.6 Å². The number of H-pyrrole nitrogens is 1. The van der Waals surface area contributed by atoms with Crippen LogP contribution in [0.2, 0.25) is 0 Å². The normalized spacial score (nSPS) is 12.4. The smallest absolute Gasteiger partial charge is 0.260 e. The quantitative estimate of drug-likeness (QED) is 0.666. The zero-order chi connectivity index (χ0) is 20.1. The molecule has 0 aliphatic carbocycles. The molecule has 1 amide bonds. The summed E-state index contributed by atoms with van der Waals surface area (Å²) in [5, 5.41) is 9.96. The van der Waals surface area contributed by atoms with E-state index in [1.54, 1.807) is 6.92 Å². The van der Waals surface area contributed by atoms with Gasteiger partial charge in [0, 0.05) is 19.0 Å². The van der Waals surface area contributed by atoms with Gasteiger partial charge < -0.3 is 14.6 Å². The number of amides is 1. The summed E-state index contributed by atoms with van der Waals surface area (Å²) in [6, 6.07) is 6.20. The molecule has 0 radical (unpaired) electrons. The highest BCUT2D eigenvalue weighted by molar-refractivity contribution is 7.71. The van der Waals surface area contributed by atoms with Gasteiger partial charge in [0.25, 0.3) is 5.91 Å². The fraction of sp³-hybridized carbons (Fsp3) is 0.550. The Kier molecular flexibility index (Phi) is 7.18. The molecule has 1 heterocycles. The zero-order valence-electron chi connectivity index (χ0n) is 17.0. The number of aryl methyl sites for hydroxylation is 1. The lowest BCUT2D eigenvalue weighted by Crippen LogP contribution is -2.37. The molecular formula is C20H30N4O2S. The zero-order valence-corrected chi connectivity index (χ0v) is 17.8. The predicted octanol–water partition coefficient (Wildman–Crippen LogP) is 4.08. The number of aromatic amines is 1. The fourth-order valence-electron chi connectivity index (χ4n) is 3.11. The first-order chi connectivity index (χ1) is 12.7. The van der Waals surface area contributed by atoms with Crippen LogP contribution in [0.4, 0.5) is 0 Å². The van der Waals surface area contributed by atoms with Crippen LogP contribution in [0, 0.1) is 11.7 Å². The lowest BCUT2D eigenvalue weighted by Gasteiger charge is -2.17. The van der Waals surface area contributed by atoms with Crippen LogP contribution in [0.5, 0.6) is 5.75 Å². The second-order valence-electron chi connectivity index (χ2n) is 7.38. The van der Waals surface area contributed by atoms with Crippen molar-refractivity contribution < 1.29 is 9.53 Å². The van der Waals surface area contributed by atoms with Gasteiger partial charge in [0.05, 0.1) is 0 Å². The summed E-state index contributed by atoms with van der Waals surface area (Å²) in [5.41, 5.74) is 2.46. The van der Waals surface area contributed by atoms with Crippen molar-refractivity contribution in [2.75, 3.05) is 6.54 Å². The van der Waals surface area contributed by atoms with E-state index in [1.165, 1.54) is 11.1 Å². The SMILES string of the molecule is Cc1cc(OC(C)C(=O)NCCc2n[nH]c(=S)n2C(C)C)ccc1C(C)C. The van der Waals surface area contributed by atoms with Crippen molar-refractivity contribution in [2.24, 2.45) is 0 Å². The number of benzene rings is 1. The highest BCUT2D eigenvalue weighted by atomic mass is 32.1. The van der Waals surface area contributed by atoms with Crippen molar-refractivity contribution in [1.82, 2.24) is 20.1 Å². The Labute approximate surface area is 166 Å². The number of nitrogens with one attached hydrogen (secondary N) is 2.